The highest BCUT2D eigenvalue weighted by Gasteiger charge is 2.10. The molecule has 0 heterocycles. The molecule has 106 valence electrons. The number of hydrogen-bond donors (Lipinski definition) is 1. The molecule has 0 spiro atoms. The zero-order valence-corrected chi connectivity index (χ0v) is 13.1. The van der Waals surface area contributed by atoms with E-state index >= 15 is 0 Å². The molecular weight excluding hydrogens is 321 g/mol. The van der Waals surface area contributed by atoms with Crippen molar-refractivity contribution < 1.29 is 9.13 Å². The number of rotatable bonds is 4. The first-order valence-electron chi connectivity index (χ1n) is 6.43. The smallest absolute Gasteiger partial charge is 0.131 e. The Morgan fingerprint density at radius 3 is 2.65 bits per heavy atom. The van der Waals surface area contributed by atoms with Crippen molar-refractivity contribution in [2.24, 2.45) is 5.73 Å². The van der Waals surface area contributed by atoms with Crippen molar-refractivity contribution in [2.75, 3.05) is 0 Å². The van der Waals surface area contributed by atoms with Gasteiger partial charge < -0.3 is 10.5 Å². The van der Waals surface area contributed by atoms with Crippen LogP contribution in [0.4, 0.5) is 4.39 Å². The average molecular weight is 338 g/mol. The molecule has 0 aliphatic rings. The molecule has 1 atom stereocenters. The fourth-order valence-electron chi connectivity index (χ4n) is 1.96. The normalized spacial score (nSPS) is 12.2. The maximum Gasteiger partial charge on any atom is 0.131 e. The standard InChI is InChI=1S/C16H17BrFNO/c1-10-3-4-13(17)9-16(10)20-15-6-5-14(18)8-12(15)7-11(2)19/h3-6,8-9,11H,7,19H2,1-2H3. The quantitative estimate of drug-likeness (QED) is 0.886. The zero-order valence-electron chi connectivity index (χ0n) is 11.5. The summed E-state index contributed by atoms with van der Waals surface area (Å²) in [5, 5.41) is 0. The van der Waals surface area contributed by atoms with Gasteiger partial charge in [-0.1, -0.05) is 22.0 Å². The van der Waals surface area contributed by atoms with Crippen molar-refractivity contribution in [2.45, 2.75) is 26.3 Å². The lowest BCUT2D eigenvalue weighted by Crippen LogP contribution is -2.18. The zero-order chi connectivity index (χ0) is 14.7. The Hall–Kier alpha value is -1.39. The highest BCUT2D eigenvalue weighted by molar-refractivity contribution is 9.10. The maximum atomic E-state index is 13.4. The van der Waals surface area contributed by atoms with Gasteiger partial charge in [0.05, 0.1) is 0 Å². The van der Waals surface area contributed by atoms with Crippen LogP contribution in [0.3, 0.4) is 0 Å². The highest BCUT2D eigenvalue weighted by Crippen LogP contribution is 2.31. The molecule has 0 saturated carbocycles. The Morgan fingerprint density at radius 1 is 1.20 bits per heavy atom. The highest BCUT2D eigenvalue weighted by atomic mass is 79.9. The van der Waals surface area contributed by atoms with E-state index in [-0.39, 0.29) is 11.9 Å². The molecule has 4 heteroatoms. The average Bonchev–Trinajstić information content (AvgIpc) is 2.36. The Balaban J connectivity index is 2.35. The van der Waals surface area contributed by atoms with Gasteiger partial charge in [-0.25, -0.2) is 4.39 Å². The van der Waals surface area contributed by atoms with Crippen molar-refractivity contribution >= 4 is 15.9 Å². The van der Waals surface area contributed by atoms with Gasteiger partial charge in [0.1, 0.15) is 17.3 Å². The first kappa shape index (κ1) is 15.0. The molecule has 1 unspecified atom stereocenters. The second-order valence-electron chi connectivity index (χ2n) is 4.95. The van der Waals surface area contributed by atoms with Crippen molar-refractivity contribution in [3.8, 4) is 11.5 Å². The van der Waals surface area contributed by atoms with E-state index in [1.165, 1.54) is 12.1 Å². The summed E-state index contributed by atoms with van der Waals surface area (Å²) in [6.07, 6.45) is 0.570. The molecular formula is C16H17BrFNO. The summed E-state index contributed by atoms with van der Waals surface area (Å²) >= 11 is 3.42. The van der Waals surface area contributed by atoms with Crippen LogP contribution in [0.2, 0.25) is 0 Å². The molecule has 0 fully saturated rings. The lowest BCUT2D eigenvalue weighted by Gasteiger charge is -2.14. The largest absolute Gasteiger partial charge is 0.457 e. The van der Waals surface area contributed by atoms with Crippen LogP contribution in [-0.4, -0.2) is 6.04 Å². The number of hydrogen-bond acceptors (Lipinski definition) is 2. The molecule has 2 rings (SSSR count). The van der Waals surface area contributed by atoms with Gasteiger partial charge >= 0.3 is 0 Å². The molecule has 0 bridgehead atoms. The molecule has 20 heavy (non-hydrogen) atoms. The van der Waals surface area contributed by atoms with Crippen LogP contribution in [0.5, 0.6) is 11.5 Å². The van der Waals surface area contributed by atoms with Crippen molar-refractivity contribution in [1.82, 2.24) is 0 Å². The first-order chi connectivity index (χ1) is 9.45. The fourth-order valence-corrected chi connectivity index (χ4v) is 2.30. The van der Waals surface area contributed by atoms with E-state index in [1.54, 1.807) is 6.07 Å². The summed E-state index contributed by atoms with van der Waals surface area (Å²) in [7, 11) is 0. The molecule has 2 nitrogen and oxygen atoms in total. The second-order valence-corrected chi connectivity index (χ2v) is 5.86. The van der Waals surface area contributed by atoms with E-state index in [0.717, 1.165) is 21.3 Å². The Bertz CT molecular complexity index is 613. The molecule has 0 aromatic heterocycles. The third-order valence-corrected chi connectivity index (χ3v) is 3.43. The maximum absolute atomic E-state index is 13.4. The van der Waals surface area contributed by atoms with Gasteiger partial charge in [0.25, 0.3) is 0 Å². The molecule has 0 aliphatic carbocycles. The summed E-state index contributed by atoms with van der Waals surface area (Å²) in [4.78, 5) is 0. The van der Waals surface area contributed by atoms with Gasteiger partial charge in [-0.2, -0.15) is 0 Å². The van der Waals surface area contributed by atoms with Crippen molar-refractivity contribution in [1.29, 1.82) is 0 Å². The molecule has 0 saturated heterocycles. The lowest BCUT2D eigenvalue weighted by molar-refractivity contribution is 0.467. The lowest BCUT2D eigenvalue weighted by atomic mass is 10.1. The van der Waals surface area contributed by atoms with Crippen LogP contribution in [0.25, 0.3) is 0 Å². The van der Waals surface area contributed by atoms with E-state index in [1.807, 2.05) is 32.0 Å². The molecule has 2 aromatic rings. The van der Waals surface area contributed by atoms with Gasteiger partial charge in [-0.3, -0.25) is 0 Å². The van der Waals surface area contributed by atoms with Gasteiger partial charge in [0, 0.05) is 10.5 Å². The molecule has 2 aromatic carbocycles. The van der Waals surface area contributed by atoms with Gasteiger partial charge in [-0.15, -0.1) is 0 Å². The number of halogens is 2. The van der Waals surface area contributed by atoms with Gasteiger partial charge in [0.15, 0.2) is 0 Å². The van der Waals surface area contributed by atoms with E-state index in [4.69, 9.17) is 10.5 Å². The molecule has 0 aliphatic heterocycles. The van der Waals surface area contributed by atoms with Gasteiger partial charge in [-0.05, 0) is 61.7 Å². The summed E-state index contributed by atoms with van der Waals surface area (Å²) in [6.45, 7) is 3.86. The Labute approximate surface area is 126 Å². The third kappa shape index (κ3) is 3.81. The van der Waals surface area contributed by atoms with Crippen LogP contribution in [0.15, 0.2) is 40.9 Å². The molecule has 2 N–H and O–H groups in total. The minimum Gasteiger partial charge on any atom is -0.457 e. The summed E-state index contributed by atoms with van der Waals surface area (Å²) in [6, 6.07) is 10.3. The van der Waals surface area contributed by atoms with Crippen molar-refractivity contribution in [3.63, 3.8) is 0 Å². The van der Waals surface area contributed by atoms with Crippen LogP contribution in [0, 0.1) is 12.7 Å². The van der Waals surface area contributed by atoms with Crippen LogP contribution < -0.4 is 10.5 Å². The second kappa shape index (κ2) is 6.37. The summed E-state index contributed by atoms with van der Waals surface area (Å²) < 4.78 is 20.2. The predicted molar refractivity (Wildman–Crippen MR) is 82.7 cm³/mol. The Morgan fingerprint density at radius 2 is 1.95 bits per heavy atom. The molecule has 0 amide bonds. The van der Waals surface area contributed by atoms with E-state index in [9.17, 15) is 4.39 Å². The van der Waals surface area contributed by atoms with Crippen LogP contribution in [-0.2, 0) is 6.42 Å². The third-order valence-electron chi connectivity index (χ3n) is 2.93. The summed E-state index contributed by atoms with van der Waals surface area (Å²) in [5.41, 5.74) is 7.60. The van der Waals surface area contributed by atoms with E-state index in [0.29, 0.717) is 12.2 Å². The number of benzene rings is 2. The number of aryl methyl sites for hydroxylation is 1. The van der Waals surface area contributed by atoms with Crippen LogP contribution >= 0.6 is 15.9 Å². The predicted octanol–water partition coefficient (Wildman–Crippen LogP) is 4.58. The SMILES string of the molecule is Cc1ccc(Br)cc1Oc1ccc(F)cc1CC(C)N. The van der Waals surface area contributed by atoms with Gasteiger partial charge in [0.2, 0.25) is 0 Å². The number of ether oxygens (including phenoxy) is 1. The molecule has 0 radical (unpaired) electrons. The topological polar surface area (TPSA) is 35.2 Å². The number of nitrogens with two attached hydrogens (primary N) is 1. The van der Waals surface area contributed by atoms with E-state index in [2.05, 4.69) is 15.9 Å². The Kier molecular flexibility index (Phi) is 4.78. The van der Waals surface area contributed by atoms with Crippen LogP contribution in [0.1, 0.15) is 18.1 Å². The minimum atomic E-state index is -0.279. The summed E-state index contributed by atoms with van der Waals surface area (Å²) in [5.74, 6) is 1.11. The van der Waals surface area contributed by atoms with Crippen molar-refractivity contribution in [3.05, 3.63) is 57.8 Å². The van der Waals surface area contributed by atoms with E-state index < -0.39 is 0 Å². The first-order valence-corrected chi connectivity index (χ1v) is 7.23. The monoisotopic (exact) mass is 337 g/mol. The minimum absolute atomic E-state index is 0.0530. The fraction of sp³-hybridized carbons (Fsp3) is 0.250.